The number of nitrogens with one attached hydrogen (secondary N) is 1. The minimum absolute atomic E-state index is 0.00518. The van der Waals surface area contributed by atoms with Gasteiger partial charge in [-0.15, -0.1) is 0 Å². The number of alkyl halides is 3. The number of benzene rings is 1. The number of hydrogen-bond acceptors (Lipinski definition) is 4. The van der Waals surface area contributed by atoms with Crippen LogP contribution in [0.1, 0.15) is 38.9 Å². The van der Waals surface area contributed by atoms with Crippen molar-refractivity contribution < 1.29 is 22.7 Å². The molecule has 1 N–H and O–H groups in total. The van der Waals surface area contributed by atoms with Gasteiger partial charge in [-0.3, -0.25) is 14.2 Å². The zero-order chi connectivity index (χ0) is 20.2. The Labute approximate surface area is 154 Å². The fourth-order valence-corrected chi connectivity index (χ4v) is 2.59. The normalized spacial score (nSPS) is 13.1. The van der Waals surface area contributed by atoms with Crippen molar-refractivity contribution in [1.82, 2.24) is 14.9 Å². The molecular formula is C18H22F3N3O3. The maximum Gasteiger partial charge on any atom is 0.438 e. The van der Waals surface area contributed by atoms with Gasteiger partial charge in [-0.2, -0.15) is 13.2 Å². The molecule has 1 atom stereocenters. The number of halogens is 3. The lowest BCUT2D eigenvalue weighted by Gasteiger charge is -2.19. The first-order valence-electron chi connectivity index (χ1n) is 8.60. The van der Waals surface area contributed by atoms with Gasteiger partial charge in [0.2, 0.25) is 11.6 Å². The molecule has 0 spiro atoms. The molecule has 9 heteroatoms. The highest BCUT2D eigenvalue weighted by Gasteiger charge is 2.38. The Bertz CT molecular complexity index is 862. The van der Waals surface area contributed by atoms with E-state index in [1.54, 1.807) is 6.07 Å². The van der Waals surface area contributed by atoms with E-state index in [0.717, 1.165) is 4.57 Å². The molecule has 1 amide bonds. The second kappa shape index (κ2) is 8.51. The highest BCUT2D eigenvalue weighted by molar-refractivity contribution is 5.83. The summed E-state index contributed by atoms with van der Waals surface area (Å²) in [5, 5.41) is 2.62. The topological polar surface area (TPSA) is 73.2 Å². The Balaban J connectivity index is 2.29. The van der Waals surface area contributed by atoms with Crippen LogP contribution in [0.4, 0.5) is 13.2 Å². The number of hydrogen-bond donors (Lipinski definition) is 1. The van der Waals surface area contributed by atoms with E-state index < -0.39 is 29.4 Å². The molecule has 0 bridgehead atoms. The molecule has 2 rings (SSSR count). The van der Waals surface area contributed by atoms with Crippen LogP contribution in [0, 0.1) is 0 Å². The number of rotatable bonds is 7. The number of nitrogens with zero attached hydrogens (tertiary/aromatic N) is 2. The van der Waals surface area contributed by atoms with Crippen molar-refractivity contribution in [2.75, 3.05) is 13.2 Å². The summed E-state index contributed by atoms with van der Waals surface area (Å²) >= 11 is 0. The molecule has 27 heavy (non-hydrogen) atoms. The number of fused-ring (bicyclic) bond motifs is 1. The first-order valence-corrected chi connectivity index (χ1v) is 8.60. The first-order chi connectivity index (χ1) is 12.6. The molecule has 0 aliphatic rings. The van der Waals surface area contributed by atoms with Gasteiger partial charge in [-0.05, 0) is 39.3 Å². The highest BCUT2D eigenvalue weighted by atomic mass is 19.4. The van der Waals surface area contributed by atoms with E-state index >= 15 is 0 Å². The molecule has 1 heterocycles. The van der Waals surface area contributed by atoms with Gasteiger partial charge in [0.1, 0.15) is 6.04 Å². The highest BCUT2D eigenvalue weighted by Crippen LogP contribution is 2.27. The minimum Gasteiger partial charge on any atom is -0.379 e. The molecular weight excluding hydrogens is 363 g/mol. The summed E-state index contributed by atoms with van der Waals surface area (Å²) in [6.45, 7) is 5.90. The van der Waals surface area contributed by atoms with E-state index in [1.165, 1.54) is 25.1 Å². The van der Waals surface area contributed by atoms with Gasteiger partial charge in [0.05, 0.1) is 17.1 Å². The molecule has 2 aromatic rings. The standard InChI is InChI=1S/C18H22F3N3O3/c1-11(2)27-10-6-9-22-16(25)12(3)24-14-8-5-4-7-13(14)23-15(17(24)26)18(19,20)21/h4-5,7-8,11-12H,6,9-10H2,1-3H3,(H,22,25). The van der Waals surface area contributed by atoms with E-state index in [4.69, 9.17) is 4.74 Å². The van der Waals surface area contributed by atoms with Crippen LogP contribution in [0.2, 0.25) is 0 Å². The Morgan fingerprint density at radius 2 is 1.93 bits per heavy atom. The van der Waals surface area contributed by atoms with Crippen LogP contribution < -0.4 is 10.9 Å². The second-order valence-electron chi connectivity index (χ2n) is 6.36. The molecule has 1 aromatic heterocycles. The van der Waals surface area contributed by atoms with Gasteiger partial charge in [-0.25, -0.2) is 4.98 Å². The third-order valence-corrected chi connectivity index (χ3v) is 3.90. The second-order valence-corrected chi connectivity index (χ2v) is 6.36. The van der Waals surface area contributed by atoms with Gasteiger partial charge >= 0.3 is 6.18 Å². The number of carbonyl (C=O) groups excluding carboxylic acids is 1. The predicted octanol–water partition coefficient (Wildman–Crippen LogP) is 2.91. The smallest absolute Gasteiger partial charge is 0.379 e. The van der Waals surface area contributed by atoms with Crippen molar-refractivity contribution in [3.63, 3.8) is 0 Å². The van der Waals surface area contributed by atoms with Gasteiger partial charge in [0.15, 0.2) is 0 Å². The summed E-state index contributed by atoms with van der Waals surface area (Å²) in [5.41, 5.74) is -2.71. The lowest BCUT2D eigenvalue weighted by atomic mass is 10.2. The van der Waals surface area contributed by atoms with Crippen LogP contribution in [0.25, 0.3) is 11.0 Å². The number of para-hydroxylation sites is 2. The summed E-state index contributed by atoms with van der Waals surface area (Å²) in [6.07, 6.45) is -4.29. The van der Waals surface area contributed by atoms with Crippen molar-refractivity contribution >= 4 is 16.9 Å². The monoisotopic (exact) mass is 385 g/mol. The summed E-state index contributed by atoms with van der Waals surface area (Å²) in [6, 6.07) is 4.79. The third-order valence-electron chi connectivity index (χ3n) is 3.90. The molecule has 0 radical (unpaired) electrons. The minimum atomic E-state index is -4.91. The first kappa shape index (κ1) is 20.9. The molecule has 1 unspecified atom stereocenters. The molecule has 1 aromatic carbocycles. The summed E-state index contributed by atoms with van der Waals surface area (Å²) in [4.78, 5) is 28.2. The van der Waals surface area contributed by atoms with Crippen molar-refractivity contribution in [3.8, 4) is 0 Å². The fraction of sp³-hybridized carbons (Fsp3) is 0.500. The fourth-order valence-electron chi connectivity index (χ4n) is 2.59. The lowest BCUT2D eigenvalue weighted by molar-refractivity contribution is -0.142. The van der Waals surface area contributed by atoms with Crippen molar-refractivity contribution in [2.45, 2.75) is 45.5 Å². The molecule has 0 saturated heterocycles. The summed E-state index contributed by atoms with van der Waals surface area (Å²) in [5.74, 6) is -0.550. The SMILES string of the molecule is CC(C)OCCCNC(=O)C(C)n1c(=O)c(C(F)(F)F)nc2ccccc21. The van der Waals surface area contributed by atoms with Gasteiger partial charge in [0, 0.05) is 13.2 Å². The molecule has 6 nitrogen and oxygen atoms in total. The Morgan fingerprint density at radius 1 is 1.26 bits per heavy atom. The zero-order valence-electron chi connectivity index (χ0n) is 15.3. The van der Waals surface area contributed by atoms with Crippen molar-refractivity contribution in [2.24, 2.45) is 0 Å². The summed E-state index contributed by atoms with van der Waals surface area (Å²) < 4.78 is 45.7. The average molecular weight is 385 g/mol. The quantitative estimate of drug-likeness (QED) is 0.744. The van der Waals surface area contributed by atoms with Gasteiger partial charge in [-0.1, -0.05) is 12.1 Å². The lowest BCUT2D eigenvalue weighted by Crippen LogP contribution is -2.39. The van der Waals surface area contributed by atoms with E-state index in [2.05, 4.69) is 10.3 Å². The molecule has 148 valence electrons. The maximum absolute atomic E-state index is 13.2. The van der Waals surface area contributed by atoms with Crippen LogP contribution in [-0.2, 0) is 15.7 Å². The summed E-state index contributed by atoms with van der Waals surface area (Å²) in [7, 11) is 0. The van der Waals surface area contributed by atoms with Crippen LogP contribution in [0.3, 0.4) is 0 Å². The number of carbonyl (C=O) groups is 1. The van der Waals surface area contributed by atoms with Crippen LogP contribution >= 0.6 is 0 Å². The average Bonchev–Trinajstić information content (AvgIpc) is 2.59. The molecule has 0 fully saturated rings. The predicted molar refractivity (Wildman–Crippen MR) is 94.4 cm³/mol. The Hall–Kier alpha value is -2.42. The van der Waals surface area contributed by atoms with Crippen molar-refractivity contribution in [1.29, 1.82) is 0 Å². The van der Waals surface area contributed by atoms with E-state index in [-0.39, 0.29) is 17.1 Å². The van der Waals surface area contributed by atoms with Crippen molar-refractivity contribution in [3.05, 3.63) is 40.3 Å². The third kappa shape index (κ3) is 5.06. The largest absolute Gasteiger partial charge is 0.438 e. The number of ether oxygens (including phenoxy) is 1. The van der Waals surface area contributed by atoms with Crippen LogP contribution in [-0.4, -0.2) is 34.7 Å². The van der Waals surface area contributed by atoms with Crippen LogP contribution in [0.5, 0.6) is 0 Å². The zero-order valence-corrected chi connectivity index (χ0v) is 15.3. The number of aromatic nitrogens is 2. The van der Waals surface area contributed by atoms with Gasteiger partial charge in [0.25, 0.3) is 5.56 Å². The maximum atomic E-state index is 13.2. The number of amides is 1. The van der Waals surface area contributed by atoms with Crippen LogP contribution in [0.15, 0.2) is 29.1 Å². The molecule has 0 saturated carbocycles. The molecule has 0 aliphatic heterocycles. The van der Waals surface area contributed by atoms with Gasteiger partial charge < -0.3 is 10.1 Å². The van der Waals surface area contributed by atoms with E-state index in [9.17, 15) is 22.8 Å². The van der Waals surface area contributed by atoms with E-state index in [1.807, 2.05) is 13.8 Å². The molecule has 0 aliphatic carbocycles. The Morgan fingerprint density at radius 3 is 2.56 bits per heavy atom. The van der Waals surface area contributed by atoms with E-state index in [0.29, 0.717) is 19.6 Å². The Kier molecular flexibility index (Phi) is 6.59.